The van der Waals surface area contributed by atoms with Crippen LogP contribution in [0.5, 0.6) is 0 Å². The van der Waals surface area contributed by atoms with E-state index < -0.39 is 11.9 Å². The van der Waals surface area contributed by atoms with E-state index in [0.717, 1.165) is 17.8 Å². The maximum atomic E-state index is 13.0. The van der Waals surface area contributed by atoms with Crippen LogP contribution in [0.3, 0.4) is 0 Å². The van der Waals surface area contributed by atoms with E-state index in [4.69, 9.17) is 4.74 Å². The Bertz CT molecular complexity index is 620. The zero-order chi connectivity index (χ0) is 19.4. The van der Waals surface area contributed by atoms with Gasteiger partial charge >= 0.3 is 6.18 Å². The molecule has 2 heterocycles. The van der Waals surface area contributed by atoms with Crippen LogP contribution in [0, 0.1) is 0 Å². The standard InChI is InChI=1S/C16H27F3N6O/c1-15(2,25-5-7-26-8-6-25)11-22-14(20-3)21-9-12-10-24(4)23-13(12)16(17,18)19/h10H,5-9,11H2,1-4H3,(H2,20,21,22). The van der Waals surface area contributed by atoms with Gasteiger partial charge in [0.2, 0.25) is 0 Å². The number of nitrogens with one attached hydrogen (secondary N) is 2. The highest BCUT2D eigenvalue weighted by Crippen LogP contribution is 2.30. The maximum Gasteiger partial charge on any atom is 0.435 e. The molecule has 1 fully saturated rings. The highest BCUT2D eigenvalue weighted by atomic mass is 19.4. The second-order valence-corrected chi connectivity index (χ2v) is 6.87. The highest BCUT2D eigenvalue weighted by molar-refractivity contribution is 5.79. The smallest absolute Gasteiger partial charge is 0.379 e. The van der Waals surface area contributed by atoms with Crippen molar-refractivity contribution in [2.75, 3.05) is 39.9 Å². The summed E-state index contributed by atoms with van der Waals surface area (Å²) in [6, 6.07) is 0. The molecule has 10 heteroatoms. The quantitative estimate of drug-likeness (QED) is 0.598. The molecule has 0 amide bonds. The van der Waals surface area contributed by atoms with Gasteiger partial charge in [0.05, 0.1) is 13.2 Å². The van der Waals surface area contributed by atoms with Gasteiger partial charge in [-0.2, -0.15) is 18.3 Å². The Morgan fingerprint density at radius 1 is 1.27 bits per heavy atom. The van der Waals surface area contributed by atoms with E-state index in [9.17, 15) is 13.2 Å². The molecule has 0 spiro atoms. The lowest BCUT2D eigenvalue weighted by molar-refractivity contribution is -0.142. The molecular weight excluding hydrogens is 349 g/mol. The summed E-state index contributed by atoms with van der Waals surface area (Å²) in [7, 11) is 3.06. The first-order valence-electron chi connectivity index (χ1n) is 8.50. The third-order valence-corrected chi connectivity index (χ3v) is 4.40. The third kappa shape index (κ3) is 5.34. The lowest BCUT2D eigenvalue weighted by atomic mass is 10.0. The molecule has 148 valence electrons. The van der Waals surface area contributed by atoms with Crippen LogP contribution < -0.4 is 10.6 Å². The second kappa shape index (κ2) is 8.26. The minimum Gasteiger partial charge on any atom is -0.379 e. The average molecular weight is 376 g/mol. The zero-order valence-electron chi connectivity index (χ0n) is 15.7. The summed E-state index contributed by atoms with van der Waals surface area (Å²) in [5.41, 5.74) is -0.931. The highest BCUT2D eigenvalue weighted by Gasteiger charge is 2.36. The predicted molar refractivity (Wildman–Crippen MR) is 92.9 cm³/mol. The summed E-state index contributed by atoms with van der Waals surface area (Å²) < 4.78 is 45.6. The lowest BCUT2D eigenvalue weighted by Gasteiger charge is -2.41. The summed E-state index contributed by atoms with van der Waals surface area (Å²) in [5, 5.41) is 9.62. The molecule has 7 nitrogen and oxygen atoms in total. The van der Waals surface area contributed by atoms with Crippen molar-refractivity contribution >= 4 is 5.96 Å². The van der Waals surface area contributed by atoms with E-state index in [2.05, 4.69) is 39.5 Å². The van der Waals surface area contributed by atoms with Crippen molar-refractivity contribution in [1.29, 1.82) is 0 Å². The van der Waals surface area contributed by atoms with Crippen molar-refractivity contribution in [3.05, 3.63) is 17.5 Å². The number of guanidine groups is 1. The molecule has 1 aromatic rings. The topological polar surface area (TPSA) is 66.7 Å². The van der Waals surface area contributed by atoms with Gasteiger partial charge in [-0.1, -0.05) is 0 Å². The van der Waals surface area contributed by atoms with Crippen molar-refractivity contribution in [2.24, 2.45) is 12.0 Å². The van der Waals surface area contributed by atoms with Crippen molar-refractivity contribution < 1.29 is 17.9 Å². The second-order valence-electron chi connectivity index (χ2n) is 6.87. The van der Waals surface area contributed by atoms with E-state index >= 15 is 0 Å². The molecule has 0 aliphatic carbocycles. The fraction of sp³-hybridized carbons (Fsp3) is 0.750. The van der Waals surface area contributed by atoms with Gasteiger partial charge in [0.25, 0.3) is 0 Å². The number of alkyl halides is 3. The minimum absolute atomic E-state index is 0.0136. The van der Waals surface area contributed by atoms with Crippen LogP contribution in [0.4, 0.5) is 13.2 Å². The largest absolute Gasteiger partial charge is 0.435 e. The Balaban J connectivity index is 1.92. The van der Waals surface area contributed by atoms with Gasteiger partial charge in [-0.05, 0) is 13.8 Å². The van der Waals surface area contributed by atoms with Gasteiger partial charge in [0, 0.05) is 57.6 Å². The van der Waals surface area contributed by atoms with Crippen LogP contribution in [0.1, 0.15) is 25.1 Å². The molecule has 0 saturated carbocycles. The van der Waals surface area contributed by atoms with Gasteiger partial charge in [-0.25, -0.2) is 0 Å². The first-order valence-corrected chi connectivity index (χ1v) is 8.50. The van der Waals surface area contributed by atoms with Crippen LogP contribution in [0.15, 0.2) is 11.2 Å². The first kappa shape index (κ1) is 20.5. The van der Waals surface area contributed by atoms with Crippen LogP contribution >= 0.6 is 0 Å². The molecule has 1 aliphatic heterocycles. The molecule has 0 atom stereocenters. The van der Waals surface area contributed by atoms with E-state index in [1.807, 2.05) is 0 Å². The fourth-order valence-electron chi connectivity index (χ4n) is 2.89. The Morgan fingerprint density at radius 3 is 2.50 bits per heavy atom. The summed E-state index contributed by atoms with van der Waals surface area (Å²) >= 11 is 0. The maximum absolute atomic E-state index is 13.0. The van der Waals surface area contributed by atoms with Gasteiger partial charge in [0.15, 0.2) is 11.7 Å². The summed E-state index contributed by atoms with van der Waals surface area (Å²) in [4.78, 5) is 6.41. The van der Waals surface area contributed by atoms with Crippen molar-refractivity contribution in [3.63, 3.8) is 0 Å². The molecule has 26 heavy (non-hydrogen) atoms. The van der Waals surface area contributed by atoms with E-state index in [1.54, 1.807) is 7.05 Å². The molecule has 1 aliphatic rings. The molecule has 1 aromatic heterocycles. The number of nitrogens with zero attached hydrogens (tertiary/aromatic N) is 4. The van der Waals surface area contributed by atoms with Gasteiger partial charge < -0.3 is 15.4 Å². The fourth-order valence-corrected chi connectivity index (χ4v) is 2.89. The summed E-state index contributed by atoms with van der Waals surface area (Å²) in [6.45, 7) is 7.93. The molecule has 0 aromatic carbocycles. The Morgan fingerprint density at radius 2 is 1.92 bits per heavy atom. The Labute approximate surface area is 151 Å². The van der Waals surface area contributed by atoms with Gasteiger partial charge in [-0.15, -0.1) is 0 Å². The lowest BCUT2D eigenvalue weighted by Crippen LogP contribution is -2.56. The molecule has 1 saturated heterocycles. The van der Waals surface area contributed by atoms with E-state index in [1.165, 1.54) is 13.2 Å². The Hall–Kier alpha value is -1.81. The van der Waals surface area contributed by atoms with Crippen LogP contribution in [-0.4, -0.2) is 66.1 Å². The van der Waals surface area contributed by atoms with Gasteiger partial charge in [-0.3, -0.25) is 14.6 Å². The van der Waals surface area contributed by atoms with Crippen LogP contribution in [0.2, 0.25) is 0 Å². The predicted octanol–water partition coefficient (Wildman–Crippen LogP) is 1.21. The molecular formula is C16H27F3N6O. The number of aliphatic imine (C=N–C) groups is 1. The third-order valence-electron chi connectivity index (χ3n) is 4.40. The number of hydrogen-bond acceptors (Lipinski definition) is 4. The first-order chi connectivity index (χ1) is 12.1. The zero-order valence-corrected chi connectivity index (χ0v) is 15.7. The molecule has 0 unspecified atom stereocenters. The molecule has 2 N–H and O–H groups in total. The molecule has 0 radical (unpaired) electrons. The van der Waals surface area contributed by atoms with Crippen LogP contribution in [-0.2, 0) is 24.5 Å². The number of aromatic nitrogens is 2. The number of hydrogen-bond donors (Lipinski definition) is 2. The average Bonchev–Trinajstić information content (AvgIpc) is 2.97. The van der Waals surface area contributed by atoms with Crippen molar-refractivity contribution in [2.45, 2.75) is 32.1 Å². The monoisotopic (exact) mass is 376 g/mol. The normalized spacial score (nSPS) is 17.4. The number of ether oxygens (including phenoxy) is 1. The number of halogens is 3. The molecule has 0 bridgehead atoms. The summed E-state index contributed by atoms with van der Waals surface area (Å²) in [6.07, 6.45) is -3.12. The number of morpholine rings is 1. The Kier molecular flexibility index (Phi) is 6.51. The van der Waals surface area contributed by atoms with Crippen LogP contribution in [0.25, 0.3) is 0 Å². The molecule has 2 rings (SSSR count). The van der Waals surface area contributed by atoms with E-state index in [-0.39, 0.29) is 17.6 Å². The number of aryl methyl sites for hydroxylation is 1. The summed E-state index contributed by atoms with van der Waals surface area (Å²) in [5.74, 6) is 0.448. The van der Waals surface area contributed by atoms with E-state index in [0.29, 0.717) is 25.7 Å². The van der Waals surface area contributed by atoms with Crippen molar-refractivity contribution in [3.8, 4) is 0 Å². The van der Waals surface area contributed by atoms with Crippen molar-refractivity contribution in [1.82, 2.24) is 25.3 Å². The SMILES string of the molecule is CN=C(NCc1cn(C)nc1C(F)(F)F)NCC(C)(C)N1CCOCC1. The van der Waals surface area contributed by atoms with Gasteiger partial charge in [0.1, 0.15) is 0 Å². The number of rotatable bonds is 5. The minimum atomic E-state index is -4.48.